The lowest BCUT2D eigenvalue weighted by molar-refractivity contribution is -0.135. The second-order valence-electron chi connectivity index (χ2n) is 12.8. The number of pyridine rings is 1. The Balaban J connectivity index is 1.10. The molecule has 212 valence electrons. The molecule has 0 radical (unpaired) electrons. The molecule has 6 rings (SSSR count). The van der Waals surface area contributed by atoms with E-state index >= 15 is 0 Å². The zero-order chi connectivity index (χ0) is 28.1. The van der Waals surface area contributed by atoms with E-state index in [2.05, 4.69) is 39.5 Å². The van der Waals surface area contributed by atoms with Gasteiger partial charge in [-0.05, 0) is 88.6 Å². The number of rotatable bonds is 5. The molecule has 5 heterocycles. The van der Waals surface area contributed by atoms with E-state index in [4.69, 9.17) is 4.74 Å². The third-order valence-corrected chi connectivity index (χ3v) is 8.71. The van der Waals surface area contributed by atoms with E-state index in [1.807, 2.05) is 36.3 Å². The lowest BCUT2D eigenvalue weighted by Gasteiger charge is -2.54. The maximum atomic E-state index is 12.8. The molecule has 3 amide bonds. The lowest BCUT2D eigenvalue weighted by atomic mass is 9.72. The zero-order valence-electron chi connectivity index (χ0n) is 23.7. The average Bonchev–Trinajstić information content (AvgIpc) is 3.22. The van der Waals surface area contributed by atoms with Gasteiger partial charge in [0.25, 0.3) is 0 Å². The Morgan fingerprint density at radius 2 is 1.90 bits per heavy atom. The molecule has 1 spiro atoms. The van der Waals surface area contributed by atoms with E-state index < -0.39 is 11.6 Å². The van der Waals surface area contributed by atoms with Gasteiger partial charge in [0.2, 0.25) is 11.8 Å². The fourth-order valence-electron chi connectivity index (χ4n) is 6.81. The van der Waals surface area contributed by atoms with Crippen molar-refractivity contribution in [3.8, 4) is 0 Å². The highest BCUT2D eigenvalue weighted by Crippen LogP contribution is 2.41. The molecule has 1 atom stereocenters. The third-order valence-electron chi connectivity index (χ3n) is 8.71. The molecule has 9 heteroatoms. The quantitative estimate of drug-likeness (QED) is 0.477. The number of likely N-dealkylation sites (tertiary alicyclic amines) is 2. The Morgan fingerprint density at radius 3 is 2.62 bits per heavy atom. The molecule has 1 unspecified atom stereocenters. The highest BCUT2D eigenvalue weighted by Gasteiger charge is 2.45. The minimum atomic E-state index is -0.458. The number of aryl methyl sites for hydroxylation is 1. The number of nitrogens with zero attached hydrogens (tertiary/aromatic N) is 4. The van der Waals surface area contributed by atoms with E-state index in [-0.39, 0.29) is 17.9 Å². The maximum absolute atomic E-state index is 12.8. The summed E-state index contributed by atoms with van der Waals surface area (Å²) in [5, 5.41) is 4.72. The summed E-state index contributed by atoms with van der Waals surface area (Å²) in [4.78, 5) is 46.0. The summed E-state index contributed by atoms with van der Waals surface area (Å²) in [6.07, 6.45) is 6.45. The molecule has 9 nitrogen and oxygen atoms in total. The van der Waals surface area contributed by atoms with E-state index in [9.17, 15) is 14.4 Å². The van der Waals surface area contributed by atoms with Crippen molar-refractivity contribution in [3.63, 3.8) is 0 Å². The molecule has 2 aromatic heterocycles. The molecule has 40 heavy (non-hydrogen) atoms. The molecule has 1 aromatic carbocycles. The summed E-state index contributed by atoms with van der Waals surface area (Å²) in [5.74, 6) is -0.466. The highest BCUT2D eigenvalue weighted by atomic mass is 16.6. The molecule has 0 saturated carbocycles. The van der Waals surface area contributed by atoms with Crippen molar-refractivity contribution in [2.45, 2.75) is 70.9 Å². The molecule has 3 fully saturated rings. The summed E-state index contributed by atoms with van der Waals surface area (Å²) in [7, 11) is 0. The van der Waals surface area contributed by atoms with Crippen LogP contribution in [0, 0.1) is 5.41 Å². The number of imide groups is 1. The summed E-state index contributed by atoms with van der Waals surface area (Å²) in [6, 6.07) is 9.90. The van der Waals surface area contributed by atoms with Crippen LogP contribution in [0.15, 0.2) is 36.5 Å². The summed E-state index contributed by atoms with van der Waals surface area (Å²) < 4.78 is 7.58. The predicted octanol–water partition coefficient (Wildman–Crippen LogP) is 4.43. The molecule has 3 aliphatic heterocycles. The molecule has 3 saturated heterocycles. The average molecular weight is 546 g/mol. The normalized spacial score (nSPS) is 21.6. The van der Waals surface area contributed by atoms with Crippen LogP contribution in [-0.2, 0) is 20.7 Å². The molecule has 0 bridgehead atoms. The van der Waals surface area contributed by atoms with Crippen LogP contribution in [0.5, 0.6) is 0 Å². The van der Waals surface area contributed by atoms with Crippen molar-refractivity contribution >= 4 is 39.8 Å². The largest absolute Gasteiger partial charge is 0.444 e. The fourth-order valence-corrected chi connectivity index (χ4v) is 6.81. The molecule has 1 N–H and O–H groups in total. The van der Waals surface area contributed by atoms with Crippen LogP contribution >= 0.6 is 0 Å². The first kappa shape index (κ1) is 26.7. The number of hydrogen-bond donors (Lipinski definition) is 1. The number of aromatic nitrogens is 2. The standard InChI is InChI=1S/C31H39N5O4/c1-30(2,3)40-29(39)35-17-13-31(14-18-35)19-34(20-31)16-6-8-21-7-4-10-23-26(21)22-9-5-15-32-27(22)36(23)24-11-12-25(37)33-28(24)38/h4-5,7,9-10,15,24H,6,8,11-14,16-20H2,1-3H3,(H,33,37,38). The van der Waals surface area contributed by atoms with E-state index in [0.29, 0.717) is 18.3 Å². The zero-order valence-corrected chi connectivity index (χ0v) is 23.7. The first-order valence-corrected chi connectivity index (χ1v) is 14.5. The fraction of sp³-hybridized carbons (Fsp3) is 0.548. The number of fused-ring (bicyclic) bond motifs is 3. The number of carbonyl (C=O) groups is 3. The highest BCUT2D eigenvalue weighted by molar-refractivity contribution is 6.10. The first-order valence-electron chi connectivity index (χ1n) is 14.5. The minimum absolute atomic E-state index is 0.193. The second-order valence-corrected chi connectivity index (χ2v) is 12.8. The van der Waals surface area contributed by atoms with Gasteiger partial charge in [0, 0.05) is 49.6 Å². The van der Waals surface area contributed by atoms with Crippen LogP contribution in [0.4, 0.5) is 4.79 Å². The van der Waals surface area contributed by atoms with Gasteiger partial charge in [-0.1, -0.05) is 12.1 Å². The van der Waals surface area contributed by atoms with Crippen LogP contribution in [0.1, 0.15) is 64.5 Å². The number of carbonyl (C=O) groups excluding carboxylic acids is 3. The van der Waals surface area contributed by atoms with Gasteiger partial charge in [0.1, 0.15) is 17.3 Å². The predicted molar refractivity (Wildman–Crippen MR) is 153 cm³/mol. The number of ether oxygens (including phenoxy) is 1. The van der Waals surface area contributed by atoms with Crippen LogP contribution in [-0.4, -0.2) is 75.6 Å². The number of benzene rings is 1. The van der Waals surface area contributed by atoms with E-state index in [1.165, 1.54) is 5.56 Å². The minimum Gasteiger partial charge on any atom is -0.444 e. The van der Waals surface area contributed by atoms with Gasteiger partial charge in [-0.15, -0.1) is 0 Å². The molecule has 3 aliphatic rings. The Kier molecular flexibility index (Phi) is 6.81. The van der Waals surface area contributed by atoms with Crippen molar-refractivity contribution in [3.05, 3.63) is 42.1 Å². The van der Waals surface area contributed by atoms with E-state index in [1.54, 1.807) is 6.20 Å². The van der Waals surface area contributed by atoms with Crippen LogP contribution in [0.25, 0.3) is 21.9 Å². The Hall–Kier alpha value is -3.46. The van der Waals surface area contributed by atoms with Crippen molar-refractivity contribution in [2.24, 2.45) is 5.41 Å². The summed E-state index contributed by atoms with van der Waals surface area (Å²) in [6.45, 7) is 10.5. The lowest BCUT2D eigenvalue weighted by Crippen LogP contribution is -2.61. The summed E-state index contributed by atoms with van der Waals surface area (Å²) >= 11 is 0. The van der Waals surface area contributed by atoms with Gasteiger partial charge in [-0.3, -0.25) is 14.9 Å². The monoisotopic (exact) mass is 545 g/mol. The maximum Gasteiger partial charge on any atom is 0.410 e. The number of nitrogens with one attached hydrogen (secondary N) is 1. The van der Waals surface area contributed by atoms with Crippen molar-refractivity contribution < 1.29 is 19.1 Å². The number of hydrogen-bond acceptors (Lipinski definition) is 6. The smallest absolute Gasteiger partial charge is 0.410 e. The first-order chi connectivity index (χ1) is 19.1. The second kappa shape index (κ2) is 10.2. The Morgan fingerprint density at radius 1 is 1.12 bits per heavy atom. The molecular formula is C31H39N5O4. The third kappa shape index (κ3) is 5.07. The van der Waals surface area contributed by atoms with Crippen molar-refractivity contribution in [1.29, 1.82) is 0 Å². The van der Waals surface area contributed by atoms with Gasteiger partial charge in [0.05, 0.1) is 5.52 Å². The van der Waals surface area contributed by atoms with E-state index in [0.717, 1.165) is 80.3 Å². The number of piperidine rings is 2. The van der Waals surface area contributed by atoms with Gasteiger partial charge in [-0.25, -0.2) is 9.78 Å². The topological polar surface area (TPSA) is 96.8 Å². The molecule has 0 aliphatic carbocycles. The Labute approximate surface area is 234 Å². The van der Waals surface area contributed by atoms with Crippen molar-refractivity contribution in [1.82, 2.24) is 24.7 Å². The van der Waals surface area contributed by atoms with Gasteiger partial charge < -0.3 is 19.1 Å². The van der Waals surface area contributed by atoms with Crippen LogP contribution < -0.4 is 5.32 Å². The number of amides is 3. The SMILES string of the molecule is CC(C)(C)OC(=O)N1CCC2(CC1)CN(CCCc1cccc3c1c1cccnc1n3C1CCC(=O)NC1=O)C2. The Bertz CT molecular complexity index is 1460. The van der Waals surface area contributed by atoms with Crippen LogP contribution in [0.3, 0.4) is 0 Å². The van der Waals surface area contributed by atoms with Crippen LogP contribution in [0.2, 0.25) is 0 Å². The van der Waals surface area contributed by atoms with Crippen molar-refractivity contribution in [2.75, 3.05) is 32.7 Å². The molecule has 3 aromatic rings. The molecular weight excluding hydrogens is 506 g/mol. The van der Waals surface area contributed by atoms with Gasteiger partial charge in [-0.2, -0.15) is 0 Å². The summed E-state index contributed by atoms with van der Waals surface area (Å²) in [5.41, 5.74) is 2.93. The van der Waals surface area contributed by atoms with Gasteiger partial charge in [0.15, 0.2) is 0 Å². The van der Waals surface area contributed by atoms with Gasteiger partial charge >= 0.3 is 6.09 Å².